The summed E-state index contributed by atoms with van der Waals surface area (Å²) in [5.74, 6) is -0.420. The molecular formula is C15H10BrFN2O. The minimum atomic E-state index is -0.367. The zero-order chi connectivity index (χ0) is 15.1. The van der Waals surface area contributed by atoms with Crippen LogP contribution in [0.1, 0.15) is 18.7 Å². The maximum Gasteiger partial charge on any atom is 0.159 e. The van der Waals surface area contributed by atoms with Gasteiger partial charge in [0.25, 0.3) is 0 Å². The molecule has 0 aliphatic carbocycles. The van der Waals surface area contributed by atoms with Gasteiger partial charge in [0.2, 0.25) is 0 Å². The molecule has 0 spiro atoms. The highest BCUT2D eigenvalue weighted by atomic mass is 79.9. The largest absolute Gasteiger partial charge is 0.299 e. The van der Waals surface area contributed by atoms with E-state index in [1.54, 1.807) is 34.9 Å². The Labute approximate surface area is 124 Å². The Morgan fingerprint density at radius 1 is 1.35 bits per heavy atom. The topological polar surface area (TPSA) is 34.9 Å². The average molecular weight is 334 g/mol. The van der Waals surface area contributed by atoms with Crippen LogP contribution in [0, 0.1) is 5.82 Å². The predicted octanol–water partition coefficient (Wildman–Crippen LogP) is 4.13. The summed E-state index contributed by atoms with van der Waals surface area (Å²) >= 11 is 3.14. The van der Waals surface area contributed by atoms with E-state index in [9.17, 15) is 9.18 Å². The Kier molecular flexibility index (Phi) is 2.85. The quantitative estimate of drug-likeness (QED) is 0.661. The Morgan fingerprint density at radius 3 is 2.85 bits per heavy atom. The molecule has 0 unspecified atom stereocenters. The van der Waals surface area contributed by atoms with Crippen molar-refractivity contribution in [3.8, 4) is 5.69 Å². The molecule has 3 nitrogen and oxygen atoms in total. The number of imidazole rings is 1. The number of rotatable bonds is 2. The first kappa shape index (κ1) is 11.8. The normalized spacial score (nSPS) is 11.7. The van der Waals surface area contributed by atoms with Crippen molar-refractivity contribution in [1.29, 1.82) is 0 Å². The molecule has 0 bridgehead atoms. The monoisotopic (exact) mass is 333 g/mol. The highest BCUT2D eigenvalue weighted by Crippen LogP contribution is 2.23. The lowest BCUT2D eigenvalue weighted by molar-refractivity contribution is 0.101. The van der Waals surface area contributed by atoms with Crippen molar-refractivity contribution < 1.29 is 10.6 Å². The lowest BCUT2D eigenvalue weighted by Crippen LogP contribution is -1.94. The molecule has 5 heteroatoms. The third-order valence-electron chi connectivity index (χ3n) is 3.05. The molecule has 0 atom stereocenters. The van der Waals surface area contributed by atoms with Gasteiger partial charge in [-0.2, -0.15) is 0 Å². The molecule has 0 radical (unpaired) electrons. The maximum atomic E-state index is 13.3. The van der Waals surface area contributed by atoms with Crippen LogP contribution < -0.4 is 0 Å². The summed E-state index contributed by atoms with van der Waals surface area (Å²) in [6.45, 7) is 1.48. The maximum absolute atomic E-state index is 13.3. The fraction of sp³-hybridized carbons (Fsp3) is 0.0667. The number of nitrogens with zero attached hydrogens (tertiary/aromatic N) is 2. The summed E-state index contributed by atoms with van der Waals surface area (Å²) in [5, 5.41) is 0. The zero-order valence-corrected chi connectivity index (χ0v) is 12.1. The number of fused-ring (bicyclic) bond motifs is 1. The number of carbonyl (C=O) groups is 1. The molecule has 3 rings (SSSR count). The van der Waals surface area contributed by atoms with Crippen LogP contribution in [0.2, 0.25) is 0 Å². The molecule has 0 aliphatic rings. The van der Waals surface area contributed by atoms with Crippen LogP contribution in [-0.4, -0.2) is 15.3 Å². The minimum absolute atomic E-state index is 0.0317. The standard InChI is InChI=1S/C15H10BrFN2O/c1-9(20)10-2-5-15-14(6-10)18-8-19(15)11-3-4-13(17)12(16)7-11/h2-8H,1H3/i8D. The van der Waals surface area contributed by atoms with Gasteiger partial charge < -0.3 is 0 Å². The van der Waals surface area contributed by atoms with Crippen LogP contribution in [-0.2, 0) is 0 Å². The van der Waals surface area contributed by atoms with Gasteiger partial charge in [-0.05, 0) is 59.3 Å². The van der Waals surface area contributed by atoms with Gasteiger partial charge in [0.15, 0.2) is 5.78 Å². The van der Waals surface area contributed by atoms with Gasteiger partial charge in [0.1, 0.15) is 13.5 Å². The fourth-order valence-electron chi connectivity index (χ4n) is 2.00. The molecule has 0 amide bonds. The summed E-state index contributed by atoms with van der Waals surface area (Å²) in [4.78, 5) is 15.6. The van der Waals surface area contributed by atoms with Gasteiger partial charge in [-0.3, -0.25) is 9.36 Å². The van der Waals surface area contributed by atoms with Crippen molar-refractivity contribution in [2.24, 2.45) is 0 Å². The Bertz CT molecular complexity index is 875. The second kappa shape index (κ2) is 4.83. The molecule has 0 N–H and O–H groups in total. The number of ketones is 1. The van der Waals surface area contributed by atoms with Gasteiger partial charge in [-0.15, -0.1) is 0 Å². The molecule has 3 aromatic rings. The molecule has 0 fully saturated rings. The number of halogens is 2. The molecular weight excluding hydrogens is 323 g/mol. The third kappa shape index (κ3) is 2.14. The smallest absolute Gasteiger partial charge is 0.159 e. The molecule has 1 heterocycles. The number of carbonyl (C=O) groups excluding carboxylic acids is 1. The Morgan fingerprint density at radius 2 is 2.15 bits per heavy atom. The number of aromatic nitrogens is 2. The van der Waals surface area contributed by atoms with E-state index in [-0.39, 0.29) is 17.9 Å². The fourth-order valence-corrected chi connectivity index (χ4v) is 2.37. The van der Waals surface area contributed by atoms with E-state index in [1.165, 1.54) is 13.0 Å². The van der Waals surface area contributed by atoms with Crippen molar-refractivity contribution in [2.75, 3.05) is 0 Å². The number of Topliss-reactive ketones (excluding diaryl/α,β-unsaturated/α-hetero) is 1. The van der Waals surface area contributed by atoms with E-state index in [1.807, 2.05) is 0 Å². The molecule has 100 valence electrons. The van der Waals surface area contributed by atoms with E-state index in [0.717, 1.165) is 0 Å². The summed E-state index contributed by atoms with van der Waals surface area (Å²) in [5.41, 5.74) is 2.44. The van der Waals surface area contributed by atoms with Crippen molar-refractivity contribution in [1.82, 2.24) is 9.55 Å². The van der Waals surface area contributed by atoms with E-state index >= 15 is 0 Å². The van der Waals surface area contributed by atoms with E-state index < -0.39 is 0 Å². The summed E-state index contributed by atoms with van der Waals surface area (Å²) in [6, 6.07) is 9.60. The minimum Gasteiger partial charge on any atom is -0.299 e. The van der Waals surface area contributed by atoms with Crippen molar-refractivity contribution in [3.63, 3.8) is 0 Å². The molecule has 1 aromatic heterocycles. The number of hydrogen-bond donors (Lipinski definition) is 0. The summed E-state index contributed by atoms with van der Waals surface area (Å²) in [7, 11) is 0. The SMILES string of the molecule is [2H]c1nc2cc(C(C)=O)ccc2n1-c1ccc(F)c(Br)c1. The van der Waals surface area contributed by atoms with Gasteiger partial charge in [0, 0.05) is 11.3 Å². The highest BCUT2D eigenvalue weighted by molar-refractivity contribution is 9.10. The molecule has 0 saturated carbocycles. The Balaban J connectivity index is 2.25. The van der Waals surface area contributed by atoms with E-state index in [2.05, 4.69) is 20.9 Å². The zero-order valence-electron chi connectivity index (χ0n) is 11.5. The van der Waals surface area contributed by atoms with Gasteiger partial charge >= 0.3 is 0 Å². The molecule has 2 aromatic carbocycles. The number of hydrogen-bond acceptors (Lipinski definition) is 2. The van der Waals surface area contributed by atoms with Gasteiger partial charge in [0.05, 0.1) is 15.5 Å². The van der Waals surface area contributed by atoms with Crippen molar-refractivity contribution >= 4 is 32.7 Å². The number of benzene rings is 2. The summed E-state index contributed by atoms with van der Waals surface area (Å²) in [6.07, 6.45) is 0.0317. The van der Waals surface area contributed by atoms with Crippen LogP contribution in [0.4, 0.5) is 4.39 Å². The first-order valence-corrected chi connectivity index (χ1v) is 6.72. The van der Waals surface area contributed by atoms with Crippen molar-refractivity contribution in [3.05, 3.63) is 58.6 Å². The van der Waals surface area contributed by atoms with Crippen LogP contribution in [0.5, 0.6) is 0 Å². The summed E-state index contributed by atoms with van der Waals surface area (Å²) < 4.78 is 23.3. The predicted molar refractivity (Wildman–Crippen MR) is 78.7 cm³/mol. The third-order valence-corrected chi connectivity index (χ3v) is 3.66. The lowest BCUT2D eigenvalue weighted by atomic mass is 10.1. The second-order valence-corrected chi connectivity index (χ2v) is 5.26. The van der Waals surface area contributed by atoms with Gasteiger partial charge in [-0.1, -0.05) is 0 Å². The molecule has 0 saturated heterocycles. The average Bonchev–Trinajstić information content (AvgIpc) is 2.76. The van der Waals surface area contributed by atoms with Crippen molar-refractivity contribution in [2.45, 2.75) is 6.92 Å². The first-order chi connectivity index (χ1) is 9.97. The first-order valence-electron chi connectivity index (χ1n) is 6.43. The van der Waals surface area contributed by atoms with Crippen LogP contribution in [0.3, 0.4) is 0 Å². The van der Waals surface area contributed by atoms with E-state index in [0.29, 0.717) is 26.8 Å². The Hall–Kier alpha value is -2.01. The molecule has 0 aliphatic heterocycles. The lowest BCUT2D eigenvalue weighted by Gasteiger charge is -2.05. The van der Waals surface area contributed by atoms with Crippen LogP contribution in [0.25, 0.3) is 16.7 Å². The second-order valence-electron chi connectivity index (χ2n) is 4.41. The van der Waals surface area contributed by atoms with Crippen LogP contribution >= 0.6 is 15.9 Å². The van der Waals surface area contributed by atoms with Crippen LogP contribution in [0.15, 0.2) is 47.2 Å². The highest BCUT2D eigenvalue weighted by Gasteiger charge is 2.09. The molecule has 20 heavy (non-hydrogen) atoms. The van der Waals surface area contributed by atoms with E-state index in [4.69, 9.17) is 1.37 Å². The van der Waals surface area contributed by atoms with Gasteiger partial charge in [-0.25, -0.2) is 9.37 Å².